The molecule has 0 aromatic heterocycles. The van der Waals surface area contributed by atoms with Crippen LogP contribution in [0.15, 0.2) is 54.1 Å². The zero-order chi connectivity index (χ0) is 17.4. The Morgan fingerprint density at radius 2 is 1.96 bits per heavy atom. The van der Waals surface area contributed by atoms with Crippen LogP contribution in [0.5, 0.6) is 5.75 Å². The van der Waals surface area contributed by atoms with Gasteiger partial charge in [0.15, 0.2) is 0 Å². The van der Waals surface area contributed by atoms with Crippen LogP contribution in [-0.4, -0.2) is 12.5 Å². The van der Waals surface area contributed by atoms with E-state index in [1.807, 2.05) is 0 Å². The fraction of sp³-hybridized carbons (Fsp3) is 0.0526. The van der Waals surface area contributed by atoms with Gasteiger partial charge >= 0.3 is 0 Å². The quantitative estimate of drug-likeness (QED) is 0.522. The molecule has 1 N–H and O–H groups in total. The first-order valence-electron chi connectivity index (χ1n) is 6.98. The van der Waals surface area contributed by atoms with Crippen molar-refractivity contribution in [1.29, 1.82) is 5.26 Å². The lowest BCUT2D eigenvalue weighted by atomic mass is 10.1. The number of nitrogens with zero attached hydrogens (tertiary/aromatic N) is 1. The van der Waals surface area contributed by atoms with Crippen molar-refractivity contribution in [2.75, 3.05) is 11.9 Å². The van der Waals surface area contributed by atoms with Crippen LogP contribution in [0.3, 0.4) is 0 Å². The van der Waals surface area contributed by atoms with Crippen molar-refractivity contribution in [3.8, 4) is 24.2 Å². The summed E-state index contributed by atoms with van der Waals surface area (Å²) in [6.45, 7) is 0.0637. The number of hydrogen-bond donors (Lipinski definition) is 1. The third-order valence-electron chi connectivity index (χ3n) is 3.02. The third-order valence-corrected chi connectivity index (χ3v) is 3.02. The summed E-state index contributed by atoms with van der Waals surface area (Å²) in [5.41, 5.74) is 0.337. The molecule has 2 aromatic rings. The molecule has 0 radical (unpaired) electrons. The number of benzene rings is 2. The maximum Gasteiger partial charge on any atom is 0.266 e. The van der Waals surface area contributed by atoms with Crippen molar-refractivity contribution in [3.63, 3.8) is 0 Å². The average Bonchev–Trinajstić information content (AvgIpc) is 2.60. The van der Waals surface area contributed by atoms with Crippen molar-refractivity contribution >= 4 is 17.7 Å². The van der Waals surface area contributed by atoms with Gasteiger partial charge in [-0.1, -0.05) is 36.3 Å². The molecule has 0 fully saturated rings. The summed E-state index contributed by atoms with van der Waals surface area (Å²) in [6, 6.07) is 14.3. The molecule has 1 amide bonds. The van der Waals surface area contributed by atoms with Crippen LogP contribution in [0.2, 0.25) is 0 Å². The van der Waals surface area contributed by atoms with E-state index >= 15 is 0 Å². The Labute approximate surface area is 139 Å². The lowest BCUT2D eigenvalue weighted by Gasteiger charge is -2.08. The van der Waals surface area contributed by atoms with E-state index in [4.69, 9.17) is 11.2 Å². The largest absolute Gasteiger partial charge is 0.480 e. The van der Waals surface area contributed by atoms with Gasteiger partial charge in [-0.05, 0) is 24.3 Å². The molecule has 118 valence electrons. The molecule has 0 aliphatic rings. The lowest BCUT2D eigenvalue weighted by Crippen LogP contribution is -2.14. The highest BCUT2D eigenvalue weighted by molar-refractivity contribution is 6.09. The first-order chi connectivity index (χ1) is 11.7. The second-order valence-electron chi connectivity index (χ2n) is 4.63. The molecular weight excluding hydrogens is 307 g/mol. The molecule has 0 unspecified atom stereocenters. The number of terminal acetylenes is 1. The van der Waals surface area contributed by atoms with E-state index in [-0.39, 0.29) is 17.9 Å². The van der Waals surface area contributed by atoms with Gasteiger partial charge in [0.1, 0.15) is 29.8 Å². The van der Waals surface area contributed by atoms with Crippen LogP contribution in [0.25, 0.3) is 6.08 Å². The maximum atomic E-state index is 13.6. The van der Waals surface area contributed by atoms with Gasteiger partial charge < -0.3 is 10.1 Å². The molecule has 0 aliphatic carbocycles. The van der Waals surface area contributed by atoms with Gasteiger partial charge in [-0.15, -0.1) is 6.42 Å². The normalized spacial score (nSPS) is 10.4. The fourth-order valence-electron chi connectivity index (χ4n) is 1.91. The molecule has 0 atom stereocenters. The number of nitriles is 1. The van der Waals surface area contributed by atoms with Gasteiger partial charge in [0.2, 0.25) is 0 Å². The summed E-state index contributed by atoms with van der Waals surface area (Å²) >= 11 is 0. The Bertz CT molecular complexity index is 860. The zero-order valence-electron chi connectivity index (χ0n) is 12.6. The fourth-order valence-corrected chi connectivity index (χ4v) is 1.91. The third kappa shape index (κ3) is 4.22. The molecule has 0 aliphatic heterocycles. The number of para-hydroxylation sites is 2. The van der Waals surface area contributed by atoms with E-state index in [1.165, 1.54) is 24.3 Å². The van der Waals surface area contributed by atoms with E-state index in [1.54, 1.807) is 36.4 Å². The summed E-state index contributed by atoms with van der Waals surface area (Å²) in [5, 5.41) is 11.6. The number of hydrogen-bond acceptors (Lipinski definition) is 3. The van der Waals surface area contributed by atoms with Crippen LogP contribution < -0.4 is 10.1 Å². The van der Waals surface area contributed by atoms with Crippen LogP contribution in [0.4, 0.5) is 10.1 Å². The molecule has 2 rings (SSSR count). The molecule has 0 bridgehead atoms. The molecule has 0 spiro atoms. The zero-order valence-corrected chi connectivity index (χ0v) is 12.6. The summed E-state index contributed by atoms with van der Waals surface area (Å²) < 4.78 is 19.0. The maximum absolute atomic E-state index is 13.6. The number of rotatable bonds is 5. The average molecular weight is 320 g/mol. The predicted molar refractivity (Wildman–Crippen MR) is 89.4 cm³/mol. The SMILES string of the molecule is C#CCOc1ccccc1C=C(C#N)C(=O)Nc1ccccc1F. The van der Waals surface area contributed by atoms with E-state index in [0.717, 1.165) is 0 Å². The molecule has 0 saturated carbocycles. The Hall–Kier alpha value is -3.57. The minimum atomic E-state index is -0.714. The molecule has 4 nitrogen and oxygen atoms in total. The first kappa shape index (κ1) is 16.8. The topological polar surface area (TPSA) is 62.1 Å². The standard InChI is InChI=1S/C19H13FN2O2/c1-2-11-24-18-10-6-3-7-14(18)12-15(13-21)19(23)22-17-9-5-4-8-16(17)20/h1,3-10,12H,11H2,(H,22,23). The number of amides is 1. The highest BCUT2D eigenvalue weighted by atomic mass is 19.1. The van der Waals surface area contributed by atoms with Crippen molar-refractivity contribution in [1.82, 2.24) is 0 Å². The number of ether oxygens (including phenoxy) is 1. The van der Waals surface area contributed by atoms with Gasteiger partial charge in [-0.25, -0.2) is 4.39 Å². The minimum absolute atomic E-state index is 0.000479. The molecule has 0 heterocycles. The van der Waals surface area contributed by atoms with E-state index in [2.05, 4.69) is 11.2 Å². The molecule has 5 heteroatoms. The Kier molecular flexibility index (Phi) is 5.71. The predicted octanol–water partition coefficient (Wildman–Crippen LogP) is 3.38. The van der Waals surface area contributed by atoms with Crippen molar-refractivity contribution in [2.45, 2.75) is 0 Å². The molecule has 2 aromatic carbocycles. The number of carbonyl (C=O) groups excluding carboxylic acids is 1. The monoisotopic (exact) mass is 320 g/mol. The van der Waals surface area contributed by atoms with E-state index < -0.39 is 11.7 Å². The number of anilines is 1. The summed E-state index contributed by atoms with van der Waals surface area (Å²) in [7, 11) is 0. The summed E-state index contributed by atoms with van der Waals surface area (Å²) in [6.07, 6.45) is 6.52. The van der Waals surface area contributed by atoms with Crippen LogP contribution in [0, 0.1) is 29.5 Å². The summed E-state index contributed by atoms with van der Waals surface area (Å²) in [5.74, 6) is 1.49. The van der Waals surface area contributed by atoms with Crippen LogP contribution >= 0.6 is 0 Å². The number of carbonyl (C=O) groups is 1. The lowest BCUT2D eigenvalue weighted by molar-refractivity contribution is -0.112. The second-order valence-corrected chi connectivity index (χ2v) is 4.63. The highest BCUT2D eigenvalue weighted by Crippen LogP contribution is 2.21. The number of nitrogens with one attached hydrogen (secondary N) is 1. The smallest absolute Gasteiger partial charge is 0.266 e. The van der Waals surface area contributed by atoms with Crippen molar-refractivity contribution in [3.05, 3.63) is 65.5 Å². The molecule has 24 heavy (non-hydrogen) atoms. The van der Waals surface area contributed by atoms with Gasteiger partial charge in [0.25, 0.3) is 5.91 Å². The van der Waals surface area contributed by atoms with E-state index in [0.29, 0.717) is 11.3 Å². The number of halogens is 1. The van der Waals surface area contributed by atoms with Gasteiger partial charge in [-0.3, -0.25) is 4.79 Å². The highest BCUT2D eigenvalue weighted by Gasteiger charge is 2.13. The second kappa shape index (κ2) is 8.17. The van der Waals surface area contributed by atoms with Crippen molar-refractivity contribution in [2.24, 2.45) is 0 Å². The van der Waals surface area contributed by atoms with Crippen LogP contribution in [0.1, 0.15) is 5.56 Å². The molecule has 0 saturated heterocycles. The van der Waals surface area contributed by atoms with Gasteiger partial charge in [-0.2, -0.15) is 5.26 Å². The summed E-state index contributed by atoms with van der Waals surface area (Å²) in [4.78, 5) is 12.2. The molecular formula is C19H13FN2O2. The van der Waals surface area contributed by atoms with E-state index in [9.17, 15) is 14.4 Å². The van der Waals surface area contributed by atoms with Gasteiger partial charge in [0, 0.05) is 5.56 Å². The minimum Gasteiger partial charge on any atom is -0.480 e. The van der Waals surface area contributed by atoms with Crippen molar-refractivity contribution < 1.29 is 13.9 Å². The Balaban J connectivity index is 2.27. The first-order valence-corrected chi connectivity index (χ1v) is 6.98. The Morgan fingerprint density at radius 1 is 1.25 bits per heavy atom. The van der Waals surface area contributed by atoms with Crippen LogP contribution in [-0.2, 0) is 4.79 Å². The van der Waals surface area contributed by atoms with Gasteiger partial charge in [0.05, 0.1) is 5.69 Å². The Morgan fingerprint density at radius 3 is 2.67 bits per heavy atom.